The standard InChI is InChI=1S/C26H36F7NO/c27-20-8-15(14-4-2-1-3-5-14)6-7-18(20)16-9-23(30)25(24(31)10-16)26(32,33)35-17-11-21(28)19(13-34)22(29)12-17/h14-25H,1-12H2. The molecule has 7 atom stereocenters. The van der Waals surface area contributed by atoms with E-state index in [0.717, 1.165) is 32.1 Å². The Morgan fingerprint density at radius 3 is 1.74 bits per heavy atom. The van der Waals surface area contributed by atoms with Crippen LogP contribution in [0.1, 0.15) is 77.0 Å². The Morgan fingerprint density at radius 1 is 0.629 bits per heavy atom. The molecule has 0 aromatic carbocycles. The van der Waals surface area contributed by atoms with Gasteiger partial charge in [0.25, 0.3) is 0 Å². The second-order valence-corrected chi connectivity index (χ2v) is 11.4. The van der Waals surface area contributed by atoms with E-state index < -0.39 is 79.6 Å². The summed E-state index contributed by atoms with van der Waals surface area (Å²) in [4.78, 5) is 0. The molecule has 4 aliphatic rings. The molecule has 0 N–H and O–H groups in total. The van der Waals surface area contributed by atoms with Crippen molar-refractivity contribution >= 4 is 0 Å². The van der Waals surface area contributed by atoms with Gasteiger partial charge in [0.1, 0.15) is 42.7 Å². The van der Waals surface area contributed by atoms with Crippen LogP contribution < -0.4 is 0 Å². The minimum absolute atomic E-state index is 0.285. The Balaban J connectivity index is 1.34. The minimum atomic E-state index is -4.26. The summed E-state index contributed by atoms with van der Waals surface area (Å²) in [5, 5.41) is 8.81. The molecule has 4 rings (SSSR count). The molecule has 0 aromatic rings. The van der Waals surface area contributed by atoms with Gasteiger partial charge < -0.3 is 4.74 Å². The van der Waals surface area contributed by atoms with E-state index in [2.05, 4.69) is 4.74 Å². The molecule has 0 bridgehead atoms. The van der Waals surface area contributed by atoms with E-state index in [1.807, 2.05) is 0 Å². The molecule has 0 saturated heterocycles. The summed E-state index contributed by atoms with van der Waals surface area (Å²) >= 11 is 0. The first-order chi connectivity index (χ1) is 16.6. The molecule has 4 aliphatic carbocycles. The maximum absolute atomic E-state index is 15.2. The fourth-order valence-corrected chi connectivity index (χ4v) is 7.38. The summed E-state index contributed by atoms with van der Waals surface area (Å²) in [5.74, 6) is -4.38. The lowest BCUT2D eigenvalue weighted by Gasteiger charge is -2.45. The van der Waals surface area contributed by atoms with Gasteiger partial charge in [0.15, 0.2) is 0 Å². The van der Waals surface area contributed by atoms with Crippen LogP contribution in [0, 0.1) is 46.8 Å². The maximum atomic E-state index is 15.2. The molecule has 0 aromatic heterocycles. The van der Waals surface area contributed by atoms with Crippen molar-refractivity contribution in [1.82, 2.24) is 0 Å². The van der Waals surface area contributed by atoms with Crippen LogP contribution in [-0.4, -0.2) is 43.1 Å². The van der Waals surface area contributed by atoms with Gasteiger partial charge >= 0.3 is 6.11 Å². The van der Waals surface area contributed by atoms with E-state index in [4.69, 9.17) is 5.26 Å². The average Bonchev–Trinajstić information content (AvgIpc) is 2.78. The second kappa shape index (κ2) is 11.1. The third-order valence-corrected chi connectivity index (χ3v) is 9.24. The number of hydrogen-bond donors (Lipinski definition) is 0. The molecular weight excluding hydrogens is 475 g/mol. The number of ether oxygens (including phenoxy) is 1. The molecule has 0 heterocycles. The largest absolute Gasteiger partial charge is 0.364 e. The first-order valence-corrected chi connectivity index (χ1v) is 13.3. The highest BCUT2D eigenvalue weighted by atomic mass is 19.3. The van der Waals surface area contributed by atoms with Crippen molar-refractivity contribution in [2.45, 2.75) is 120 Å². The third kappa shape index (κ3) is 5.93. The normalized spacial score (nSPS) is 46.2. The van der Waals surface area contributed by atoms with Crippen molar-refractivity contribution < 1.29 is 35.5 Å². The molecule has 0 aliphatic heterocycles. The summed E-state index contributed by atoms with van der Waals surface area (Å²) in [6.45, 7) is 0. The van der Waals surface area contributed by atoms with Crippen molar-refractivity contribution in [3.05, 3.63) is 0 Å². The van der Waals surface area contributed by atoms with Crippen molar-refractivity contribution in [3.63, 3.8) is 0 Å². The summed E-state index contributed by atoms with van der Waals surface area (Å²) in [7, 11) is 0. The SMILES string of the molecule is N#CC1C(F)CC(OC(F)(F)C2C(F)CC(C3CCC(C4CCCCC4)CC3F)CC2F)CC1F. The maximum Gasteiger partial charge on any atom is 0.364 e. The molecule has 200 valence electrons. The van der Waals surface area contributed by atoms with Crippen LogP contribution in [0.3, 0.4) is 0 Å². The van der Waals surface area contributed by atoms with Crippen molar-refractivity contribution in [1.29, 1.82) is 5.26 Å². The van der Waals surface area contributed by atoms with Crippen LogP contribution in [0.4, 0.5) is 30.7 Å². The predicted octanol–water partition coefficient (Wildman–Crippen LogP) is 7.61. The molecular formula is C26H36F7NO. The zero-order valence-electron chi connectivity index (χ0n) is 19.9. The van der Waals surface area contributed by atoms with Gasteiger partial charge in [-0.1, -0.05) is 32.1 Å². The van der Waals surface area contributed by atoms with E-state index in [9.17, 15) is 17.6 Å². The Kier molecular flexibility index (Phi) is 8.60. The molecule has 0 spiro atoms. The Morgan fingerprint density at radius 2 is 1.20 bits per heavy atom. The zero-order chi connectivity index (χ0) is 25.3. The lowest BCUT2D eigenvalue weighted by atomic mass is 9.64. The molecule has 9 heteroatoms. The molecule has 7 unspecified atom stereocenters. The van der Waals surface area contributed by atoms with Crippen LogP contribution in [0.15, 0.2) is 0 Å². The van der Waals surface area contributed by atoms with E-state index in [-0.39, 0.29) is 18.8 Å². The highest BCUT2D eigenvalue weighted by Crippen LogP contribution is 2.50. The number of alkyl halides is 7. The summed E-state index contributed by atoms with van der Waals surface area (Å²) in [5.41, 5.74) is 0. The number of nitrogens with zero attached hydrogens (tertiary/aromatic N) is 1. The zero-order valence-corrected chi connectivity index (χ0v) is 19.9. The Labute approximate surface area is 203 Å². The Hall–Kier alpha value is -1.04. The summed E-state index contributed by atoms with van der Waals surface area (Å²) in [6, 6.07) is 1.48. The van der Waals surface area contributed by atoms with Gasteiger partial charge in [0, 0.05) is 12.8 Å². The molecule has 35 heavy (non-hydrogen) atoms. The lowest BCUT2D eigenvalue weighted by molar-refractivity contribution is -0.323. The van der Waals surface area contributed by atoms with Crippen molar-refractivity contribution in [2.24, 2.45) is 35.5 Å². The number of halogens is 7. The van der Waals surface area contributed by atoms with Gasteiger partial charge in [-0.15, -0.1) is 0 Å². The van der Waals surface area contributed by atoms with E-state index in [1.165, 1.54) is 12.5 Å². The Bertz CT molecular complexity index is 718. The number of rotatable bonds is 5. The molecule has 0 radical (unpaired) electrons. The second-order valence-electron chi connectivity index (χ2n) is 11.4. The topological polar surface area (TPSA) is 33.0 Å². The third-order valence-electron chi connectivity index (χ3n) is 9.24. The van der Waals surface area contributed by atoms with Gasteiger partial charge in [-0.2, -0.15) is 14.0 Å². The smallest absolute Gasteiger partial charge is 0.317 e. The first-order valence-electron chi connectivity index (χ1n) is 13.3. The van der Waals surface area contributed by atoms with E-state index >= 15 is 13.2 Å². The fourth-order valence-electron chi connectivity index (χ4n) is 7.38. The van der Waals surface area contributed by atoms with Crippen LogP contribution in [0.5, 0.6) is 0 Å². The average molecular weight is 512 g/mol. The molecule has 0 amide bonds. The highest BCUT2D eigenvalue weighted by Gasteiger charge is 2.57. The first kappa shape index (κ1) is 27.0. The number of nitriles is 1. The van der Waals surface area contributed by atoms with Crippen molar-refractivity contribution in [2.75, 3.05) is 0 Å². The quantitative estimate of drug-likeness (QED) is 0.356. The van der Waals surface area contributed by atoms with Gasteiger partial charge in [-0.05, 0) is 55.8 Å². The fraction of sp³-hybridized carbons (Fsp3) is 0.962. The summed E-state index contributed by atoms with van der Waals surface area (Å²) < 4.78 is 107. The summed E-state index contributed by atoms with van der Waals surface area (Å²) in [6.07, 6.45) is -10.1. The molecule has 4 fully saturated rings. The van der Waals surface area contributed by atoms with E-state index in [0.29, 0.717) is 18.8 Å². The van der Waals surface area contributed by atoms with Gasteiger partial charge in [0.05, 0.1) is 12.2 Å². The van der Waals surface area contributed by atoms with Gasteiger partial charge in [-0.25, -0.2) is 22.0 Å². The predicted molar refractivity (Wildman–Crippen MR) is 116 cm³/mol. The minimum Gasteiger partial charge on any atom is -0.317 e. The van der Waals surface area contributed by atoms with Crippen LogP contribution in [0.25, 0.3) is 0 Å². The van der Waals surface area contributed by atoms with Gasteiger partial charge in [-0.3, -0.25) is 0 Å². The van der Waals surface area contributed by atoms with Crippen LogP contribution in [0.2, 0.25) is 0 Å². The molecule has 4 saturated carbocycles. The lowest BCUT2D eigenvalue weighted by Crippen LogP contribution is -2.52. The van der Waals surface area contributed by atoms with Gasteiger partial charge in [0.2, 0.25) is 0 Å². The van der Waals surface area contributed by atoms with E-state index in [1.54, 1.807) is 0 Å². The molecule has 2 nitrogen and oxygen atoms in total. The van der Waals surface area contributed by atoms with Crippen molar-refractivity contribution in [3.8, 4) is 6.07 Å². The number of hydrogen-bond acceptors (Lipinski definition) is 2. The monoisotopic (exact) mass is 511 g/mol. The highest BCUT2D eigenvalue weighted by molar-refractivity contribution is 5.00. The van der Waals surface area contributed by atoms with Crippen LogP contribution in [-0.2, 0) is 4.74 Å². The van der Waals surface area contributed by atoms with Crippen LogP contribution >= 0.6 is 0 Å².